The highest BCUT2D eigenvalue weighted by atomic mass is 32.2. The summed E-state index contributed by atoms with van der Waals surface area (Å²) in [5.74, 6) is 1.28. The van der Waals surface area contributed by atoms with Crippen LogP contribution in [0, 0.1) is 5.92 Å². The third kappa shape index (κ3) is 5.47. The van der Waals surface area contributed by atoms with E-state index in [1.165, 1.54) is 17.5 Å². The zero-order chi connectivity index (χ0) is 24.9. The van der Waals surface area contributed by atoms with Gasteiger partial charge >= 0.3 is 0 Å². The Hall–Kier alpha value is -2.78. The summed E-state index contributed by atoms with van der Waals surface area (Å²) in [7, 11) is -0.643. The lowest BCUT2D eigenvalue weighted by Gasteiger charge is -2.33. The van der Waals surface area contributed by atoms with E-state index in [1.54, 1.807) is 51.3 Å². The molecule has 34 heavy (non-hydrogen) atoms. The number of rotatable bonds is 9. The van der Waals surface area contributed by atoms with Gasteiger partial charge < -0.3 is 19.7 Å². The number of ether oxygens (including phenoxy) is 2. The maximum Gasteiger partial charge on any atom is 0.257 e. The number of hydrogen-bond donors (Lipinski definition) is 1. The number of anilines is 2. The van der Waals surface area contributed by atoms with Gasteiger partial charge in [0.1, 0.15) is 11.5 Å². The van der Waals surface area contributed by atoms with Crippen LogP contribution in [0.25, 0.3) is 0 Å². The van der Waals surface area contributed by atoms with Crippen molar-refractivity contribution in [1.82, 2.24) is 4.31 Å². The van der Waals surface area contributed by atoms with Gasteiger partial charge in [-0.15, -0.1) is 0 Å². The molecule has 0 unspecified atom stereocenters. The standard InChI is InChI=1S/C25H35N3O5S/c1-6-28(7-2)34(30,31)20-9-11-23(27-14-12-18(3)13-15-27)21(17-20)25(29)26-22-10-8-19(32-4)16-24(22)33-5/h8-11,16-18H,6-7,12-15H2,1-5H3,(H,26,29). The first kappa shape index (κ1) is 25.8. The van der Waals surface area contributed by atoms with Crippen molar-refractivity contribution >= 4 is 27.3 Å². The van der Waals surface area contributed by atoms with Gasteiger partial charge in [-0.3, -0.25) is 4.79 Å². The molecule has 0 spiro atoms. The number of benzene rings is 2. The maximum atomic E-state index is 13.5. The van der Waals surface area contributed by atoms with Crippen molar-refractivity contribution < 1.29 is 22.7 Å². The van der Waals surface area contributed by atoms with Crippen molar-refractivity contribution in [3.05, 3.63) is 42.0 Å². The van der Waals surface area contributed by atoms with Crippen molar-refractivity contribution in [1.29, 1.82) is 0 Å². The molecule has 1 fully saturated rings. The van der Waals surface area contributed by atoms with E-state index in [9.17, 15) is 13.2 Å². The van der Waals surface area contributed by atoms with Crippen LogP contribution < -0.4 is 19.7 Å². The third-order valence-corrected chi connectivity index (χ3v) is 8.38. The van der Waals surface area contributed by atoms with Crippen molar-refractivity contribution in [3.8, 4) is 11.5 Å². The highest BCUT2D eigenvalue weighted by molar-refractivity contribution is 7.89. The fraction of sp³-hybridized carbons (Fsp3) is 0.480. The molecule has 1 heterocycles. The number of carbonyl (C=O) groups is 1. The Morgan fingerprint density at radius 3 is 2.32 bits per heavy atom. The maximum absolute atomic E-state index is 13.5. The summed E-state index contributed by atoms with van der Waals surface area (Å²) in [5, 5.41) is 2.90. The molecule has 9 heteroatoms. The first-order valence-corrected chi connectivity index (χ1v) is 13.1. The van der Waals surface area contributed by atoms with E-state index in [1.807, 2.05) is 0 Å². The van der Waals surface area contributed by atoms with Gasteiger partial charge in [-0.1, -0.05) is 20.8 Å². The normalized spacial score (nSPS) is 14.8. The number of nitrogens with zero attached hydrogens (tertiary/aromatic N) is 2. The van der Waals surface area contributed by atoms with Crippen molar-refractivity contribution in [3.63, 3.8) is 0 Å². The molecule has 0 aliphatic carbocycles. The van der Waals surface area contributed by atoms with Crippen LogP contribution in [0.2, 0.25) is 0 Å². The number of hydrogen-bond acceptors (Lipinski definition) is 6. The SMILES string of the molecule is CCN(CC)S(=O)(=O)c1ccc(N2CCC(C)CC2)c(C(=O)Nc2ccc(OC)cc2OC)c1. The number of methoxy groups -OCH3 is 2. The van der Waals surface area contributed by atoms with E-state index in [0.29, 0.717) is 41.8 Å². The Kier molecular flexibility index (Phi) is 8.43. The predicted molar refractivity (Wildman–Crippen MR) is 135 cm³/mol. The van der Waals surface area contributed by atoms with Crippen molar-refractivity contribution in [2.24, 2.45) is 5.92 Å². The molecule has 2 aromatic carbocycles. The van der Waals surface area contributed by atoms with Crippen LogP contribution >= 0.6 is 0 Å². The third-order valence-electron chi connectivity index (χ3n) is 6.34. The van der Waals surface area contributed by atoms with E-state index < -0.39 is 15.9 Å². The molecule has 0 radical (unpaired) electrons. The van der Waals surface area contributed by atoms with E-state index in [2.05, 4.69) is 17.1 Å². The Labute approximate surface area is 202 Å². The molecule has 1 N–H and O–H groups in total. The molecule has 1 aliphatic heterocycles. The monoisotopic (exact) mass is 489 g/mol. The molecule has 2 aromatic rings. The fourth-order valence-electron chi connectivity index (χ4n) is 4.19. The largest absolute Gasteiger partial charge is 0.497 e. The predicted octanol–water partition coefficient (Wildman–Crippen LogP) is 4.22. The summed E-state index contributed by atoms with van der Waals surface area (Å²) >= 11 is 0. The number of nitrogens with one attached hydrogen (secondary N) is 1. The Bertz CT molecular complexity index is 1110. The molecule has 0 atom stereocenters. The molecule has 0 saturated carbocycles. The molecular formula is C25H35N3O5S. The number of sulfonamides is 1. The molecule has 1 amide bonds. The zero-order valence-electron chi connectivity index (χ0n) is 20.6. The Morgan fingerprint density at radius 1 is 1.06 bits per heavy atom. The summed E-state index contributed by atoms with van der Waals surface area (Å²) in [6, 6.07) is 9.97. The van der Waals surface area contributed by atoms with Crippen molar-refractivity contribution in [2.45, 2.75) is 38.5 Å². The van der Waals surface area contributed by atoms with Gasteiger partial charge in [0, 0.05) is 37.9 Å². The summed E-state index contributed by atoms with van der Waals surface area (Å²) in [4.78, 5) is 15.8. The minimum atomic E-state index is -3.71. The summed E-state index contributed by atoms with van der Waals surface area (Å²) < 4.78 is 38.4. The first-order chi connectivity index (χ1) is 16.2. The van der Waals surface area contributed by atoms with Crippen LogP contribution in [0.1, 0.15) is 44.0 Å². The first-order valence-electron chi connectivity index (χ1n) is 11.7. The quantitative estimate of drug-likeness (QED) is 0.567. The average Bonchev–Trinajstić information content (AvgIpc) is 2.85. The van der Waals surface area contributed by atoms with Crippen LogP contribution in [-0.4, -0.2) is 59.0 Å². The molecular weight excluding hydrogens is 454 g/mol. The second-order valence-corrected chi connectivity index (χ2v) is 10.4. The number of carbonyl (C=O) groups excluding carboxylic acids is 1. The van der Waals surface area contributed by atoms with Crippen LogP contribution in [0.4, 0.5) is 11.4 Å². The van der Waals surface area contributed by atoms with Crippen LogP contribution in [-0.2, 0) is 10.0 Å². The second-order valence-electron chi connectivity index (χ2n) is 8.46. The zero-order valence-corrected chi connectivity index (χ0v) is 21.4. The van der Waals surface area contributed by atoms with Crippen LogP contribution in [0.15, 0.2) is 41.3 Å². The lowest BCUT2D eigenvalue weighted by atomic mass is 9.98. The van der Waals surface area contributed by atoms with Crippen LogP contribution in [0.3, 0.4) is 0 Å². The van der Waals surface area contributed by atoms with Crippen molar-refractivity contribution in [2.75, 3.05) is 50.6 Å². The lowest BCUT2D eigenvalue weighted by Crippen LogP contribution is -2.35. The highest BCUT2D eigenvalue weighted by Gasteiger charge is 2.27. The van der Waals surface area contributed by atoms with Gasteiger partial charge in [0.05, 0.1) is 30.4 Å². The molecule has 1 aliphatic rings. The molecule has 186 valence electrons. The summed E-state index contributed by atoms with van der Waals surface area (Å²) in [6.07, 6.45) is 2.04. The highest BCUT2D eigenvalue weighted by Crippen LogP contribution is 2.33. The second kappa shape index (κ2) is 11.1. The van der Waals surface area contributed by atoms with Gasteiger partial charge in [-0.25, -0.2) is 8.42 Å². The molecule has 8 nitrogen and oxygen atoms in total. The average molecular weight is 490 g/mol. The van der Waals surface area contributed by atoms with Gasteiger partial charge in [0.15, 0.2) is 0 Å². The summed E-state index contributed by atoms with van der Waals surface area (Å²) in [5.41, 5.74) is 1.53. The Morgan fingerprint density at radius 2 is 1.74 bits per heavy atom. The summed E-state index contributed by atoms with van der Waals surface area (Å²) in [6.45, 7) is 8.16. The molecule has 0 aromatic heterocycles. The molecule has 0 bridgehead atoms. The van der Waals surface area contributed by atoms with Crippen LogP contribution in [0.5, 0.6) is 11.5 Å². The topological polar surface area (TPSA) is 88.2 Å². The van der Waals surface area contributed by atoms with E-state index in [-0.39, 0.29) is 4.90 Å². The molecule has 3 rings (SSSR count). The van der Waals surface area contributed by atoms with Gasteiger partial charge in [-0.05, 0) is 49.1 Å². The smallest absolute Gasteiger partial charge is 0.257 e. The lowest BCUT2D eigenvalue weighted by molar-refractivity contribution is 0.102. The fourth-order valence-corrected chi connectivity index (χ4v) is 5.67. The minimum absolute atomic E-state index is 0.108. The van der Waals surface area contributed by atoms with E-state index in [0.717, 1.165) is 31.6 Å². The van der Waals surface area contributed by atoms with E-state index >= 15 is 0 Å². The van der Waals surface area contributed by atoms with Gasteiger partial charge in [0.2, 0.25) is 10.0 Å². The minimum Gasteiger partial charge on any atom is -0.497 e. The van der Waals surface area contributed by atoms with Gasteiger partial charge in [0.25, 0.3) is 5.91 Å². The number of piperidine rings is 1. The van der Waals surface area contributed by atoms with Gasteiger partial charge in [-0.2, -0.15) is 4.31 Å². The number of amides is 1. The van der Waals surface area contributed by atoms with E-state index in [4.69, 9.17) is 9.47 Å². The molecule has 1 saturated heterocycles. The Balaban J connectivity index is 2.04.